The van der Waals surface area contributed by atoms with Gasteiger partial charge in [-0.2, -0.15) is 0 Å². The van der Waals surface area contributed by atoms with E-state index in [1.54, 1.807) is 35.9 Å². The number of carbonyl (C=O) groups excluding carboxylic acids is 1. The lowest BCUT2D eigenvalue weighted by atomic mass is 10.2. The lowest BCUT2D eigenvalue weighted by Gasteiger charge is -2.11. The average molecular weight is 389 g/mol. The molecule has 0 bridgehead atoms. The fraction of sp³-hybridized carbons (Fsp3) is 0.167. The van der Waals surface area contributed by atoms with E-state index in [2.05, 4.69) is 15.6 Å². The first-order valence-corrected chi connectivity index (χ1v) is 9.26. The lowest BCUT2D eigenvalue weighted by Crippen LogP contribution is -2.29. The fourth-order valence-electron chi connectivity index (χ4n) is 2.15. The summed E-state index contributed by atoms with van der Waals surface area (Å²) in [6, 6.07) is 17.0. The second-order valence-electron chi connectivity index (χ2n) is 5.39. The van der Waals surface area contributed by atoms with E-state index in [-0.39, 0.29) is 12.5 Å². The molecule has 3 aromatic rings. The lowest BCUT2D eigenvalue weighted by molar-refractivity contribution is -0.119. The van der Waals surface area contributed by atoms with Crippen molar-refractivity contribution in [3.63, 3.8) is 0 Å². The Labute approximate surface area is 160 Å². The molecule has 0 radical (unpaired) electrons. The van der Waals surface area contributed by atoms with E-state index in [0.717, 1.165) is 11.3 Å². The molecule has 0 atom stereocenters. The van der Waals surface area contributed by atoms with Crippen LogP contribution in [0.3, 0.4) is 0 Å². The van der Waals surface area contributed by atoms with Gasteiger partial charge in [-0.15, -0.1) is 10.2 Å². The summed E-state index contributed by atoms with van der Waals surface area (Å²) in [5.74, 6) is 1.45. The molecule has 0 aliphatic rings. The third kappa shape index (κ3) is 4.77. The van der Waals surface area contributed by atoms with Gasteiger partial charge in [0.2, 0.25) is 5.16 Å². The summed E-state index contributed by atoms with van der Waals surface area (Å²) >= 11 is 7.51. The molecular formula is C18H17ClN4O2S. The number of aromatic nitrogens is 3. The third-order valence-corrected chi connectivity index (χ3v) is 4.75. The van der Waals surface area contributed by atoms with Gasteiger partial charge in [0.1, 0.15) is 11.6 Å². The highest BCUT2D eigenvalue weighted by atomic mass is 35.5. The van der Waals surface area contributed by atoms with E-state index in [1.807, 2.05) is 30.3 Å². The molecule has 0 unspecified atom stereocenters. The number of halogens is 1. The SMILES string of the molecule is Cc1nnc(SCc2ccccc2)n1NC(=O)COc1ccccc1Cl. The smallest absolute Gasteiger partial charge is 0.276 e. The molecule has 0 saturated heterocycles. The second-order valence-corrected chi connectivity index (χ2v) is 6.74. The van der Waals surface area contributed by atoms with Crippen molar-refractivity contribution in [2.75, 3.05) is 12.0 Å². The van der Waals surface area contributed by atoms with Crippen molar-refractivity contribution in [1.29, 1.82) is 0 Å². The highest BCUT2D eigenvalue weighted by molar-refractivity contribution is 7.98. The fourth-order valence-corrected chi connectivity index (χ4v) is 3.23. The minimum absolute atomic E-state index is 0.163. The molecule has 0 spiro atoms. The molecule has 1 N–H and O–H groups in total. The van der Waals surface area contributed by atoms with Gasteiger partial charge < -0.3 is 4.74 Å². The molecule has 8 heteroatoms. The quantitative estimate of drug-likeness (QED) is 0.625. The van der Waals surface area contributed by atoms with E-state index in [1.165, 1.54) is 11.8 Å². The summed E-state index contributed by atoms with van der Waals surface area (Å²) in [7, 11) is 0. The number of rotatable bonds is 7. The van der Waals surface area contributed by atoms with Crippen LogP contribution in [0.1, 0.15) is 11.4 Å². The first-order valence-electron chi connectivity index (χ1n) is 7.89. The largest absolute Gasteiger partial charge is 0.482 e. The minimum Gasteiger partial charge on any atom is -0.482 e. The molecule has 0 aliphatic carbocycles. The van der Waals surface area contributed by atoms with Crippen LogP contribution in [0.2, 0.25) is 5.02 Å². The van der Waals surface area contributed by atoms with Crippen molar-refractivity contribution in [3.8, 4) is 5.75 Å². The minimum atomic E-state index is -0.325. The summed E-state index contributed by atoms with van der Waals surface area (Å²) in [4.78, 5) is 12.2. The zero-order valence-electron chi connectivity index (χ0n) is 14.1. The standard InChI is InChI=1S/C18H17ClN4O2S/c1-13-20-21-18(26-12-14-7-3-2-4-8-14)23(13)22-17(24)11-25-16-10-6-5-9-15(16)19/h2-10H,11-12H2,1H3,(H,22,24). The van der Waals surface area contributed by atoms with Crippen LogP contribution in [-0.4, -0.2) is 27.4 Å². The Kier molecular flexibility index (Phi) is 6.14. The van der Waals surface area contributed by atoms with E-state index < -0.39 is 0 Å². The van der Waals surface area contributed by atoms with Gasteiger partial charge in [-0.3, -0.25) is 10.2 Å². The molecule has 6 nitrogen and oxygen atoms in total. The van der Waals surface area contributed by atoms with Crippen LogP contribution in [0.15, 0.2) is 59.8 Å². The van der Waals surface area contributed by atoms with Gasteiger partial charge in [-0.25, -0.2) is 4.68 Å². The van der Waals surface area contributed by atoms with Crippen molar-refractivity contribution < 1.29 is 9.53 Å². The number of benzene rings is 2. The van der Waals surface area contributed by atoms with Crippen LogP contribution >= 0.6 is 23.4 Å². The Morgan fingerprint density at radius 2 is 1.88 bits per heavy atom. The average Bonchev–Trinajstić information content (AvgIpc) is 3.00. The third-order valence-electron chi connectivity index (χ3n) is 3.44. The predicted octanol–water partition coefficient (Wildman–Crippen LogP) is 3.68. The second kappa shape index (κ2) is 8.73. The first kappa shape index (κ1) is 18.3. The van der Waals surface area contributed by atoms with Crippen molar-refractivity contribution in [1.82, 2.24) is 14.9 Å². The molecule has 0 saturated carbocycles. The molecule has 134 valence electrons. The Balaban J connectivity index is 1.59. The van der Waals surface area contributed by atoms with E-state index in [0.29, 0.717) is 21.8 Å². The molecular weight excluding hydrogens is 372 g/mol. The summed E-state index contributed by atoms with van der Waals surface area (Å²) in [5, 5.41) is 9.21. The number of nitrogens with one attached hydrogen (secondary N) is 1. The monoisotopic (exact) mass is 388 g/mol. The highest BCUT2D eigenvalue weighted by Gasteiger charge is 2.13. The number of para-hydroxylation sites is 1. The maximum Gasteiger partial charge on any atom is 0.276 e. The number of amides is 1. The molecule has 3 rings (SSSR count). The summed E-state index contributed by atoms with van der Waals surface area (Å²) in [6.07, 6.45) is 0. The normalized spacial score (nSPS) is 10.5. The van der Waals surface area contributed by atoms with Crippen molar-refractivity contribution in [3.05, 3.63) is 71.0 Å². The Bertz CT molecular complexity index is 886. The zero-order chi connectivity index (χ0) is 18.4. The van der Waals surface area contributed by atoms with Crippen molar-refractivity contribution >= 4 is 29.3 Å². The number of nitrogens with zero attached hydrogens (tertiary/aromatic N) is 3. The van der Waals surface area contributed by atoms with E-state index in [9.17, 15) is 4.79 Å². The van der Waals surface area contributed by atoms with Gasteiger partial charge in [0, 0.05) is 5.75 Å². The van der Waals surface area contributed by atoms with Gasteiger partial charge in [-0.05, 0) is 24.6 Å². The Morgan fingerprint density at radius 3 is 2.65 bits per heavy atom. The van der Waals surface area contributed by atoms with E-state index in [4.69, 9.17) is 16.3 Å². The zero-order valence-corrected chi connectivity index (χ0v) is 15.6. The molecule has 0 fully saturated rings. The van der Waals surface area contributed by atoms with Gasteiger partial charge in [0.15, 0.2) is 6.61 Å². The highest BCUT2D eigenvalue weighted by Crippen LogP contribution is 2.23. The number of ether oxygens (including phenoxy) is 1. The Hall–Kier alpha value is -2.51. The van der Waals surface area contributed by atoms with E-state index >= 15 is 0 Å². The van der Waals surface area contributed by atoms with Gasteiger partial charge in [-0.1, -0.05) is 65.8 Å². The predicted molar refractivity (Wildman–Crippen MR) is 102 cm³/mol. The summed E-state index contributed by atoms with van der Waals surface area (Å²) in [6.45, 7) is 1.61. The molecule has 1 amide bonds. The van der Waals surface area contributed by atoms with Gasteiger partial charge in [0.25, 0.3) is 5.91 Å². The van der Waals surface area contributed by atoms with Crippen molar-refractivity contribution in [2.24, 2.45) is 0 Å². The van der Waals surface area contributed by atoms with Crippen LogP contribution < -0.4 is 10.2 Å². The van der Waals surface area contributed by atoms with Crippen LogP contribution in [0, 0.1) is 6.92 Å². The topological polar surface area (TPSA) is 69.0 Å². The van der Waals surface area contributed by atoms with Gasteiger partial charge >= 0.3 is 0 Å². The molecule has 1 heterocycles. The van der Waals surface area contributed by atoms with Gasteiger partial charge in [0.05, 0.1) is 5.02 Å². The number of aryl methyl sites for hydroxylation is 1. The van der Waals surface area contributed by atoms with Crippen LogP contribution in [-0.2, 0) is 10.5 Å². The molecule has 0 aliphatic heterocycles. The summed E-state index contributed by atoms with van der Waals surface area (Å²) < 4.78 is 7.01. The van der Waals surface area contributed by atoms with Crippen molar-refractivity contribution in [2.45, 2.75) is 17.8 Å². The maximum atomic E-state index is 12.2. The number of hydrogen-bond donors (Lipinski definition) is 1. The first-order chi connectivity index (χ1) is 12.6. The van der Waals surface area contributed by atoms with Crippen LogP contribution in [0.25, 0.3) is 0 Å². The maximum absolute atomic E-state index is 12.2. The molecule has 1 aromatic heterocycles. The summed E-state index contributed by atoms with van der Waals surface area (Å²) in [5.41, 5.74) is 3.91. The number of carbonyl (C=O) groups is 1. The number of thioether (sulfide) groups is 1. The molecule has 26 heavy (non-hydrogen) atoms. The van der Waals surface area contributed by atoms with Crippen LogP contribution in [0.5, 0.6) is 5.75 Å². The Morgan fingerprint density at radius 1 is 1.15 bits per heavy atom. The number of hydrogen-bond acceptors (Lipinski definition) is 5. The van der Waals surface area contributed by atoms with Crippen LogP contribution in [0.4, 0.5) is 0 Å². The molecule has 2 aromatic carbocycles.